The van der Waals surface area contributed by atoms with Gasteiger partial charge in [-0.05, 0) is 58.8 Å². The molecule has 0 radical (unpaired) electrons. The SMILES string of the molecule is CC(N)(CN1CCCC1)N1CCCC1. The maximum Gasteiger partial charge on any atom is 0.0788 e. The Labute approximate surface area is 87.2 Å². The second-order valence-electron chi connectivity index (χ2n) is 5.03. The van der Waals surface area contributed by atoms with Crippen molar-refractivity contribution < 1.29 is 0 Å². The van der Waals surface area contributed by atoms with Gasteiger partial charge in [0.25, 0.3) is 0 Å². The van der Waals surface area contributed by atoms with Gasteiger partial charge in [0.1, 0.15) is 0 Å². The van der Waals surface area contributed by atoms with Crippen LogP contribution in [-0.2, 0) is 0 Å². The van der Waals surface area contributed by atoms with Crippen molar-refractivity contribution in [2.75, 3.05) is 32.7 Å². The van der Waals surface area contributed by atoms with Crippen molar-refractivity contribution in [3.63, 3.8) is 0 Å². The van der Waals surface area contributed by atoms with E-state index in [0.717, 1.165) is 6.54 Å². The van der Waals surface area contributed by atoms with Gasteiger partial charge in [0, 0.05) is 6.54 Å². The van der Waals surface area contributed by atoms with E-state index < -0.39 is 0 Å². The first-order chi connectivity index (χ1) is 6.68. The highest BCUT2D eigenvalue weighted by Gasteiger charge is 2.31. The van der Waals surface area contributed by atoms with Crippen LogP contribution < -0.4 is 5.73 Å². The van der Waals surface area contributed by atoms with Gasteiger partial charge in [-0.15, -0.1) is 0 Å². The van der Waals surface area contributed by atoms with Crippen molar-refractivity contribution in [3.8, 4) is 0 Å². The van der Waals surface area contributed by atoms with E-state index in [9.17, 15) is 0 Å². The maximum atomic E-state index is 6.39. The fourth-order valence-electron chi connectivity index (χ4n) is 2.72. The minimum absolute atomic E-state index is 0.0964. The van der Waals surface area contributed by atoms with Crippen LogP contribution in [0.3, 0.4) is 0 Å². The normalized spacial score (nSPS) is 29.6. The van der Waals surface area contributed by atoms with Crippen LogP contribution in [0.1, 0.15) is 32.6 Å². The summed E-state index contributed by atoms with van der Waals surface area (Å²) < 4.78 is 0. The molecule has 3 heteroatoms. The van der Waals surface area contributed by atoms with Gasteiger partial charge in [0.15, 0.2) is 0 Å². The molecule has 0 aliphatic carbocycles. The van der Waals surface area contributed by atoms with Crippen molar-refractivity contribution in [2.45, 2.75) is 38.3 Å². The van der Waals surface area contributed by atoms with Crippen LogP contribution in [0, 0.1) is 0 Å². The first-order valence-corrected chi connectivity index (χ1v) is 5.95. The average Bonchev–Trinajstić information content (AvgIpc) is 2.71. The molecular formula is C11H23N3. The van der Waals surface area contributed by atoms with Crippen LogP contribution >= 0.6 is 0 Å². The van der Waals surface area contributed by atoms with Gasteiger partial charge in [-0.25, -0.2) is 0 Å². The molecular weight excluding hydrogens is 174 g/mol. The number of nitrogens with zero attached hydrogens (tertiary/aromatic N) is 2. The second kappa shape index (κ2) is 4.17. The summed E-state index contributed by atoms with van der Waals surface area (Å²) in [5.41, 5.74) is 6.29. The molecule has 2 rings (SSSR count). The Morgan fingerprint density at radius 2 is 1.50 bits per heavy atom. The van der Waals surface area contributed by atoms with E-state index >= 15 is 0 Å². The molecule has 2 aliphatic rings. The van der Waals surface area contributed by atoms with Gasteiger partial charge in [-0.1, -0.05) is 0 Å². The molecule has 3 nitrogen and oxygen atoms in total. The molecule has 0 spiro atoms. The standard InChI is InChI=1S/C11H23N3/c1-11(12,14-8-4-5-9-14)10-13-6-2-3-7-13/h2-10,12H2,1H3. The average molecular weight is 197 g/mol. The van der Waals surface area contributed by atoms with E-state index in [1.807, 2.05) is 0 Å². The Bertz CT molecular complexity index is 179. The quantitative estimate of drug-likeness (QED) is 0.728. The van der Waals surface area contributed by atoms with Crippen LogP contribution in [-0.4, -0.2) is 48.2 Å². The number of nitrogens with two attached hydrogens (primary N) is 1. The van der Waals surface area contributed by atoms with Crippen molar-refractivity contribution in [1.82, 2.24) is 9.80 Å². The molecule has 0 aromatic carbocycles. The predicted molar refractivity (Wildman–Crippen MR) is 59.1 cm³/mol. The lowest BCUT2D eigenvalue weighted by atomic mass is 10.1. The van der Waals surface area contributed by atoms with Crippen molar-refractivity contribution in [1.29, 1.82) is 0 Å². The highest BCUT2D eigenvalue weighted by atomic mass is 15.3. The number of likely N-dealkylation sites (tertiary alicyclic amines) is 2. The fourth-order valence-corrected chi connectivity index (χ4v) is 2.72. The Kier molecular flexibility index (Phi) is 3.10. The molecule has 2 fully saturated rings. The summed E-state index contributed by atoms with van der Waals surface area (Å²) in [4.78, 5) is 4.96. The van der Waals surface area contributed by atoms with E-state index in [4.69, 9.17) is 5.73 Å². The summed E-state index contributed by atoms with van der Waals surface area (Å²) in [6, 6.07) is 0. The number of hydrogen-bond acceptors (Lipinski definition) is 3. The van der Waals surface area contributed by atoms with E-state index in [1.54, 1.807) is 0 Å². The fraction of sp³-hybridized carbons (Fsp3) is 1.00. The molecule has 0 aromatic rings. The van der Waals surface area contributed by atoms with E-state index in [-0.39, 0.29) is 5.66 Å². The van der Waals surface area contributed by atoms with E-state index in [1.165, 1.54) is 51.9 Å². The molecule has 0 aromatic heterocycles. The molecule has 0 saturated carbocycles. The van der Waals surface area contributed by atoms with Gasteiger partial charge >= 0.3 is 0 Å². The molecule has 2 saturated heterocycles. The molecule has 2 N–H and O–H groups in total. The summed E-state index contributed by atoms with van der Waals surface area (Å²) in [5, 5.41) is 0. The lowest BCUT2D eigenvalue weighted by Gasteiger charge is -2.38. The Morgan fingerprint density at radius 1 is 1.00 bits per heavy atom. The monoisotopic (exact) mass is 197 g/mol. The highest BCUT2D eigenvalue weighted by Crippen LogP contribution is 2.19. The van der Waals surface area contributed by atoms with E-state index in [0.29, 0.717) is 0 Å². The zero-order chi connectivity index (χ0) is 10.0. The Morgan fingerprint density at radius 3 is 2.07 bits per heavy atom. The van der Waals surface area contributed by atoms with Crippen molar-refractivity contribution in [3.05, 3.63) is 0 Å². The summed E-state index contributed by atoms with van der Waals surface area (Å²) in [6.07, 6.45) is 5.37. The van der Waals surface area contributed by atoms with Crippen molar-refractivity contribution in [2.24, 2.45) is 5.73 Å². The van der Waals surface area contributed by atoms with Gasteiger partial charge < -0.3 is 10.6 Å². The lowest BCUT2D eigenvalue weighted by molar-refractivity contribution is 0.0960. The molecule has 2 heterocycles. The van der Waals surface area contributed by atoms with Crippen molar-refractivity contribution >= 4 is 0 Å². The summed E-state index contributed by atoms with van der Waals surface area (Å²) in [5.74, 6) is 0. The van der Waals surface area contributed by atoms with Crippen LogP contribution in [0.2, 0.25) is 0 Å². The highest BCUT2D eigenvalue weighted by molar-refractivity contribution is 4.87. The first kappa shape index (κ1) is 10.4. The molecule has 0 bridgehead atoms. The molecule has 82 valence electrons. The van der Waals surface area contributed by atoms with Crippen LogP contribution in [0.25, 0.3) is 0 Å². The molecule has 1 atom stereocenters. The third kappa shape index (κ3) is 2.27. The lowest BCUT2D eigenvalue weighted by Crippen LogP contribution is -2.58. The Hall–Kier alpha value is -0.120. The van der Waals surface area contributed by atoms with Crippen LogP contribution in [0.15, 0.2) is 0 Å². The molecule has 0 amide bonds. The first-order valence-electron chi connectivity index (χ1n) is 5.95. The zero-order valence-electron chi connectivity index (χ0n) is 9.34. The number of hydrogen-bond donors (Lipinski definition) is 1. The van der Waals surface area contributed by atoms with Gasteiger partial charge in [-0.3, -0.25) is 4.90 Å². The molecule has 14 heavy (non-hydrogen) atoms. The predicted octanol–water partition coefficient (Wildman–Crippen LogP) is 0.853. The summed E-state index contributed by atoms with van der Waals surface area (Å²) in [7, 11) is 0. The minimum atomic E-state index is -0.0964. The zero-order valence-corrected chi connectivity index (χ0v) is 9.34. The third-order valence-corrected chi connectivity index (χ3v) is 3.57. The third-order valence-electron chi connectivity index (χ3n) is 3.57. The van der Waals surface area contributed by atoms with Gasteiger partial charge in [0.05, 0.1) is 5.66 Å². The Balaban J connectivity index is 1.86. The maximum absolute atomic E-state index is 6.39. The number of rotatable bonds is 3. The summed E-state index contributed by atoms with van der Waals surface area (Å²) in [6.45, 7) is 8.13. The van der Waals surface area contributed by atoms with Crippen LogP contribution in [0.4, 0.5) is 0 Å². The van der Waals surface area contributed by atoms with Gasteiger partial charge in [0.2, 0.25) is 0 Å². The molecule has 2 aliphatic heterocycles. The second-order valence-corrected chi connectivity index (χ2v) is 5.03. The molecule has 1 unspecified atom stereocenters. The topological polar surface area (TPSA) is 32.5 Å². The summed E-state index contributed by atoms with van der Waals surface area (Å²) >= 11 is 0. The van der Waals surface area contributed by atoms with Crippen LogP contribution in [0.5, 0.6) is 0 Å². The van der Waals surface area contributed by atoms with E-state index in [2.05, 4.69) is 16.7 Å². The largest absolute Gasteiger partial charge is 0.312 e. The smallest absolute Gasteiger partial charge is 0.0788 e. The minimum Gasteiger partial charge on any atom is -0.312 e. The van der Waals surface area contributed by atoms with Gasteiger partial charge in [-0.2, -0.15) is 0 Å².